The quantitative estimate of drug-likeness (QED) is 0.445. The van der Waals surface area contributed by atoms with Crippen LogP contribution in [0.25, 0.3) is 0 Å². The molecule has 2 aliphatic carbocycles. The topological polar surface area (TPSA) is 91.3 Å². The first-order valence-corrected chi connectivity index (χ1v) is 11.4. The van der Waals surface area contributed by atoms with Gasteiger partial charge in [-0.05, 0) is 39.5 Å². The van der Waals surface area contributed by atoms with Crippen LogP contribution in [0, 0.1) is 17.3 Å². The molecule has 0 aromatic rings. The van der Waals surface area contributed by atoms with E-state index < -0.39 is 65.8 Å². The highest BCUT2D eigenvalue weighted by Crippen LogP contribution is 2.69. The fourth-order valence-electron chi connectivity index (χ4n) is 6.76. The zero-order valence-corrected chi connectivity index (χ0v) is 19.3. The van der Waals surface area contributed by atoms with E-state index in [9.17, 15) is 27.9 Å². The molecule has 33 heavy (non-hydrogen) atoms. The molecular weight excluding hydrogens is 445 g/mol. The van der Waals surface area contributed by atoms with Crippen LogP contribution in [0.1, 0.15) is 59.8 Å². The molecule has 2 saturated carbocycles. The molecule has 4 fully saturated rings. The van der Waals surface area contributed by atoms with E-state index in [4.69, 9.17) is 18.9 Å². The van der Waals surface area contributed by atoms with E-state index in [-0.39, 0.29) is 17.4 Å². The molecule has 7 unspecified atom stereocenters. The van der Waals surface area contributed by atoms with E-state index in [2.05, 4.69) is 6.58 Å². The average molecular weight is 476 g/mol. The summed E-state index contributed by atoms with van der Waals surface area (Å²) in [5.41, 5.74) is -3.41. The van der Waals surface area contributed by atoms with Crippen LogP contribution in [-0.4, -0.2) is 59.0 Å². The Bertz CT molecular complexity index is 869. The van der Waals surface area contributed by atoms with Gasteiger partial charge in [-0.3, -0.25) is 4.79 Å². The SMILES string of the molecule is C=C(C)C(=O)OC1C2CC3C1OC(=O)C3(C(CC)(CC)OC1(C)COC(O)(C(F)(F)F)C1)C2. The van der Waals surface area contributed by atoms with Crippen molar-refractivity contribution in [3.63, 3.8) is 0 Å². The van der Waals surface area contributed by atoms with Gasteiger partial charge in [0.05, 0.1) is 17.8 Å². The van der Waals surface area contributed by atoms with Gasteiger partial charge in [-0.15, -0.1) is 0 Å². The molecule has 7 atom stereocenters. The summed E-state index contributed by atoms with van der Waals surface area (Å²) in [7, 11) is 0. The van der Waals surface area contributed by atoms with Crippen LogP contribution < -0.4 is 0 Å². The molecule has 0 spiro atoms. The highest BCUT2D eigenvalue weighted by Gasteiger charge is 2.78. The molecule has 4 rings (SSSR count). The second kappa shape index (κ2) is 7.42. The largest absolute Gasteiger partial charge is 0.458 e. The molecule has 1 N–H and O–H groups in total. The van der Waals surface area contributed by atoms with Gasteiger partial charge in [-0.2, -0.15) is 13.2 Å². The van der Waals surface area contributed by atoms with Crippen molar-refractivity contribution in [3.8, 4) is 0 Å². The summed E-state index contributed by atoms with van der Waals surface area (Å²) >= 11 is 0. The van der Waals surface area contributed by atoms with Crippen LogP contribution in [0.5, 0.6) is 0 Å². The Labute approximate surface area is 190 Å². The number of alkyl halides is 3. The lowest BCUT2D eigenvalue weighted by Crippen LogP contribution is -2.60. The maximum absolute atomic E-state index is 13.4. The second-order valence-corrected chi connectivity index (χ2v) is 10.3. The molecule has 186 valence electrons. The van der Waals surface area contributed by atoms with Gasteiger partial charge in [0.15, 0.2) is 0 Å². The number of rotatable bonds is 7. The van der Waals surface area contributed by atoms with Crippen molar-refractivity contribution in [2.45, 2.75) is 95.2 Å². The second-order valence-electron chi connectivity index (χ2n) is 10.3. The first-order valence-electron chi connectivity index (χ1n) is 11.4. The predicted octanol–water partition coefficient (Wildman–Crippen LogP) is 3.43. The van der Waals surface area contributed by atoms with E-state index in [0.29, 0.717) is 25.7 Å². The summed E-state index contributed by atoms with van der Waals surface area (Å²) in [5.74, 6) is -4.73. The van der Waals surface area contributed by atoms with E-state index in [1.807, 2.05) is 13.8 Å². The van der Waals surface area contributed by atoms with Gasteiger partial charge in [0.2, 0.25) is 0 Å². The van der Waals surface area contributed by atoms with E-state index in [1.165, 1.54) is 6.92 Å². The summed E-state index contributed by atoms with van der Waals surface area (Å²) in [4.78, 5) is 25.5. The summed E-state index contributed by atoms with van der Waals surface area (Å²) in [6.07, 6.45) is -5.33. The standard InChI is InChI=1S/C23H31F3O7/c1-6-20(7-2,33-19(5)10-22(29,30-11-19)23(24,25)26)21-9-13-8-14(21)16(32-18(21)28)15(13)31-17(27)12(3)4/h13-16,29H,3,6-11H2,1-2,4-5H3. The van der Waals surface area contributed by atoms with Crippen molar-refractivity contribution >= 4 is 11.9 Å². The zero-order valence-electron chi connectivity index (χ0n) is 19.3. The lowest BCUT2D eigenvalue weighted by molar-refractivity contribution is -0.349. The number of carbonyl (C=O) groups is 2. The summed E-state index contributed by atoms with van der Waals surface area (Å²) in [5, 5.41) is 10.0. The Balaban J connectivity index is 1.64. The van der Waals surface area contributed by atoms with Crippen molar-refractivity contribution in [1.82, 2.24) is 0 Å². The number of hydrogen-bond acceptors (Lipinski definition) is 7. The molecule has 4 aliphatic rings. The monoisotopic (exact) mass is 476 g/mol. The number of esters is 2. The molecular formula is C23H31F3O7. The molecule has 0 aromatic heterocycles. The molecule has 2 aliphatic heterocycles. The molecule has 2 bridgehead atoms. The fourth-order valence-corrected chi connectivity index (χ4v) is 6.76. The Kier molecular flexibility index (Phi) is 5.50. The molecule has 2 saturated heterocycles. The number of fused-ring (bicyclic) bond motifs is 1. The van der Waals surface area contributed by atoms with E-state index in [0.717, 1.165) is 0 Å². The molecule has 0 amide bonds. The lowest BCUT2D eigenvalue weighted by Gasteiger charge is -2.50. The maximum atomic E-state index is 13.4. The molecule has 0 aromatic carbocycles. The number of hydrogen-bond donors (Lipinski definition) is 1. The summed E-state index contributed by atoms with van der Waals surface area (Å²) < 4.78 is 62.7. The number of halogens is 3. The molecule has 2 heterocycles. The third-order valence-electron chi connectivity index (χ3n) is 8.23. The van der Waals surface area contributed by atoms with Gasteiger partial charge in [0, 0.05) is 23.8 Å². The van der Waals surface area contributed by atoms with Gasteiger partial charge in [-0.1, -0.05) is 20.4 Å². The van der Waals surface area contributed by atoms with Gasteiger partial charge in [-0.25, -0.2) is 4.79 Å². The first kappa shape index (κ1) is 24.5. The Morgan fingerprint density at radius 1 is 1.30 bits per heavy atom. The van der Waals surface area contributed by atoms with Crippen molar-refractivity contribution in [2.24, 2.45) is 17.3 Å². The number of ether oxygens (including phenoxy) is 4. The fraction of sp³-hybridized carbons (Fsp3) is 0.826. The normalized spacial score (nSPS) is 42.0. The predicted molar refractivity (Wildman–Crippen MR) is 108 cm³/mol. The smallest absolute Gasteiger partial charge is 0.443 e. The van der Waals surface area contributed by atoms with E-state index >= 15 is 0 Å². The van der Waals surface area contributed by atoms with Crippen molar-refractivity contribution in [1.29, 1.82) is 0 Å². The minimum atomic E-state index is -4.97. The number of carbonyl (C=O) groups excluding carboxylic acids is 2. The van der Waals surface area contributed by atoms with Gasteiger partial charge in [0.1, 0.15) is 17.6 Å². The Hall–Kier alpha value is -1.65. The maximum Gasteiger partial charge on any atom is 0.443 e. The molecule has 0 radical (unpaired) electrons. The van der Waals surface area contributed by atoms with E-state index in [1.54, 1.807) is 6.92 Å². The molecule has 7 nitrogen and oxygen atoms in total. The summed E-state index contributed by atoms with van der Waals surface area (Å²) in [6.45, 7) is 9.80. The number of aliphatic hydroxyl groups is 1. The lowest BCUT2D eigenvalue weighted by atomic mass is 9.60. The van der Waals surface area contributed by atoms with Crippen LogP contribution in [0.2, 0.25) is 0 Å². The average Bonchev–Trinajstić information content (AvgIpc) is 3.41. The van der Waals surface area contributed by atoms with Crippen molar-refractivity contribution < 1.29 is 46.8 Å². The third-order valence-corrected chi connectivity index (χ3v) is 8.23. The highest BCUT2D eigenvalue weighted by molar-refractivity contribution is 5.87. The first-order chi connectivity index (χ1) is 15.2. The van der Waals surface area contributed by atoms with Gasteiger partial charge in [0.25, 0.3) is 5.79 Å². The Morgan fingerprint density at radius 2 is 1.94 bits per heavy atom. The van der Waals surface area contributed by atoms with Crippen LogP contribution >= 0.6 is 0 Å². The van der Waals surface area contributed by atoms with Crippen LogP contribution in [0.4, 0.5) is 13.2 Å². The minimum absolute atomic E-state index is 0.129. The summed E-state index contributed by atoms with van der Waals surface area (Å²) in [6, 6.07) is 0. The Morgan fingerprint density at radius 3 is 2.45 bits per heavy atom. The van der Waals surface area contributed by atoms with Crippen molar-refractivity contribution in [2.75, 3.05) is 6.61 Å². The third kappa shape index (κ3) is 3.27. The van der Waals surface area contributed by atoms with Gasteiger partial charge >= 0.3 is 18.1 Å². The van der Waals surface area contributed by atoms with Crippen molar-refractivity contribution in [3.05, 3.63) is 12.2 Å². The van der Waals surface area contributed by atoms with Gasteiger partial charge < -0.3 is 24.1 Å². The van der Waals surface area contributed by atoms with Crippen LogP contribution in [0.3, 0.4) is 0 Å². The zero-order chi connectivity index (χ0) is 24.6. The highest BCUT2D eigenvalue weighted by atomic mass is 19.4. The molecule has 10 heteroatoms. The van der Waals surface area contributed by atoms with Crippen LogP contribution in [0.15, 0.2) is 12.2 Å². The minimum Gasteiger partial charge on any atom is -0.458 e. The van der Waals surface area contributed by atoms with Crippen LogP contribution in [-0.2, 0) is 28.5 Å².